The number of benzene rings is 6. The molecule has 0 bridgehead atoms. The first-order chi connectivity index (χ1) is 23.3. The number of alkyl halides is 6. The summed E-state index contributed by atoms with van der Waals surface area (Å²) in [4.78, 5) is 0. The lowest BCUT2D eigenvalue weighted by atomic mass is 9.90. The van der Waals surface area contributed by atoms with Gasteiger partial charge < -0.3 is 9.13 Å². The van der Waals surface area contributed by atoms with Crippen molar-refractivity contribution in [1.82, 2.24) is 9.13 Å². The lowest BCUT2D eigenvalue weighted by molar-refractivity contribution is -0.139. The van der Waals surface area contributed by atoms with Gasteiger partial charge in [-0.3, -0.25) is 0 Å². The fourth-order valence-corrected chi connectivity index (χ4v) is 7.33. The van der Waals surface area contributed by atoms with E-state index in [-0.39, 0.29) is 11.3 Å². The first-order valence-corrected chi connectivity index (χ1v) is 15.8. The van der Waals surface area contributed by atoms with Crippen molar-refractivity contribution in [3.05, 3.63) is 143 Å². The Kier molecular flexibility index (Phi) is 6.76. The third kappa shape index (κ3) is 4.80. The molecule has 0 spiro atoms. The maximum Gasteiger partial charge on any atom is 0.417 e. The monoisotopic (exact) mass is 662 g/mol. The van der Waals surface area contributed by atoms with Gasteiger partial charge in [-0.25, -0.2) is 0 Å². The Balaban J connectivity index is 1.63. The largest absolute Gasteiger partial charge is 0.417 e. The molecule has 0 N–H and O–H groups in total. The van der Waals surface area contributed by atoms with Crippen LogP contribution in [0.1, 0.15) is 27.8 Å². The zero-order valence-electron chi connectivity index (χ0n) is 26.6. The number of aryl methyl sites for hydroxylation is 3. The minimum absolute atomic E-state index is 0.0872. The number of aromatic nitrogens is 2. The SMILES string of the molecule is Cc1ccc2c(c1)c1ccccc1n2-c1cc(-c2c(C)cccc2C(F)(F)F)c(C(F)(F)F)cc1-n1c2ccccc2c2cc(C)ccc21. The van der Waals surface area contributed by atoms with Crippen LogP contribution in [0.3, 0.4) is 0 Å². The van der Waals surface area contributed by atoms with Crippen molar-refractivity contribution >= 4 is 43.6 Å². The van der Waals surface area contributed by atoms with Crippen LogP contribution in [-0.4, -0.2) is 9.13 Å². The molecule has 2 heterocycles. The molecule has 8 aromatic rings. The number of nitrogens with zero attached hydrogens (tertiary/aromatic N) is 2. The number of hydrogen-bond acceptors (Lipinski definition) is 0. The molecule has 0 saturated carbocycles. The van der Waals surface area contributed by atoms with Crippen molar-refractivity contribution in [2.24, 2.45) is 0 Å². The molecule has 0 fully saturated rings. The Morgan fingerprint density at radius 3 is 1.41 bits per heavy atom. The van der Waals surface area contributed by atoms with Crippen LogP contribution in [0.15, 0.2) is 115 Å². The van der Waals surface area contributed by atoms with Crippen molar-refractivity contribution in [2.75, 3.05) is 0 Å². The van der Waals surface area contributed by atoms with Crippen LogP contribution in [-0.2, 0) is 12.4 Å². The predicted molar refractivity (Wildman–Crippen MR) is 185 cm³/mol. The lowest BCUT2D eigenvalue weighted by Gasteiger charge is -2.24. The van der Waals surface area contributed by atoms with Gasteiger partial charge in [0, 0.05) is 21.5 Å². The molecule has 49 heavy (non-hydrogen) atoms. The highest BCUT2D eigenvalue weighted by atomic mass is 19.4. The van der Waals surface area contributed by atoms with E-state index in [1.807, 2.05) is 103 Å². The smallest absolute Gasteiger partial charge is 0.307 e. The van der Waals surface area contributed by atoms with Gasteiger partial charge in [0.25, 0.3) is 0 Å². The van der Waals surface area contributed by atoms with Gasteiger partial charge in [-0.05, 0) is 92.1 Å². The summed E-state index contributed by atoms with van der Waals surface area (Å²) in [5.41, 5.74) is 2.06. The number of para-hydroxylation sites is 2. The van der Waals surface area contributed by atoms with E-state index in [9.17, 15) is 13.2 Å². The van der Waals surface area contributed by atoms with Gasteiger partial charge in [0.2, 0.25) is 0 Å². The second-order valence-corrected chi connectivity index (χ2v) is 12.6. The summed E-state index contributed by atoms with van der Waals surface area (Å²) in [6, 6.07) is 32.5. The fraction of sp³-hybridized carbons (Fsp3) is 0.122. The molecule has 0 aliphatic carbocycles. The molecule has 0 aliphatic rings. The maximum atomic E-state index is 15.3. The van der Waals surface area contributed by atoms with Crippen LogP contribution in [0.2, 0.25) is 0 Å². The van der Waals surface area contributed by atoms with E-state index in [1.165, 1.54) is 25.1 Å². The molecule has 2 aromatic heterocycles. The van der Waals surface area contributed by atoms with Gasteiger partial charge in [0.1, 0.15) is 0 Å². The second-order valence-electron chi connectivity index (χ2n) is 12.6. The number of rotatable bonds is 3. The van der Waals surface area contributed by atoms with Crippen LogP contribution in [0.5, 0.6) is 0 Å². The molecular formula is C41H28F6N2. The molecule has 0 saturated heterocycles. The highest BCUT2D eigenvalue weighted by molar-refractivity contribution is 6.12. The van der Waals surface area contributed by atoms with E-state index in [4.69, 9.17) is 0 Å². The molecule has 0 amide bonds. The first kappa shape index (κ1) is 30.8. The quantitative estimate of drug-likeness (QED) is 0.167. The highest BCUT2D eigenvalue weighted by Crippen LogP contribution is 2.48. The van der Waals surface area contributed by atoms with E-state index >= 15 is 13.2 Å². The molecule has 8 heteroatoms. The summed E-state index contributed by atoms with van der Waals surface area (Å²) in [6.45, 7) is 5.33. The molecule has 0 atom stereocenters. The van der Waals surface area contributed by atoms with Crippen LogP contribution >= 0.6 is 0 Å². The standard InChI is InChI=1S/C41H28F6N2/c1-23-15-17-35-28(19-23)26-10-4-6-13-33(26)48(35)37-21-30(39-25(3)9-8-12-31(39)40(42,43)44)32(41(45,46)47)22-38(37)49-34-14-7-5-11-27(34)29-20-24(2)16-18-36(29)49/h4-22H,1-3H3. The third-order valence-electron chi connectivity index (χ3n) is 9.41. The van der Waals surface area contributed by atoms with Crippen molar-refractivity contribution in [2.45, 2.75) is 33.1 Å². The summed E-state index contributed by atoms with van der Waals surface area (Å²) in [6.07, 6.45) is -9.88. The van der Waals surface area contributed by atoms with Crippen LogP contribution in [0.4, 0.5) is 26.3 Å². The molecule has 2 nitrogen and oxygen atoms in total. The zero-order valence-corrected chi connectivity index (χ0v) is 26.6. The van der Waals surface area contributed by atoms with Crippen LogP contribution in [0.25, 0.3) is 66.1 Å². The lowest BCUT2D eigenvalue weighted by Crippen LogP contribution is -2.15. The Morgan fingerprint density at radius 2 is 0.898 bits per heavy atom. The first-order valence-electron chi connectivity index (χ1n) is 15.8. The van der Waals surface area contributed by atoms with Gasteiger partial charge in [-0.2, -0.15) is 26.3 Å². The number of fused-ring (bicyclic) bond motifs is 6. The maximum absolute atomic E-state index is 15.3. The summed E-state index contributed by atoms with van der Waals surface area (Å²) in [5, 5.41) is 3.46. The zero-order chi connectivity index (χ0) is 34.4. The van der Waals surface area contributed by atoms with Crippen molar-refractivity contribution in [1.29, 1.82) is 0 Å². The molecule has 6 aromatic carbocycles. The average molecular weight is 663 g/mol. The van der Waals surface area contributed by atoms with Crippen molar-refractivity contribution in [3.8, 4) is 22.5 Å². The fourth-order valence-electron chi connectivity index (χ4n) is 7.33. The molecule has 8 rings (SSSR count). The van der Waals surface area contributed by atoms with Crippen LogP contribution in [0, 0.1) is 20.8 Å². The van der Waals surface area contributed by atoms with Gasteiger partial charge in [-0.15, -0.1) is 0 Å². The van der Waals surface area contributed by atoms with Crippen molar-refractivity contribution in [3.63, 3.8) is 0 Å². The molecule has 244 valence electrons. The van der Waals surface area contributed by atoms with E-state index < -0.39 is 34.6 Å². The van der Waals surface area contributed by atoms with Gasteiger partial charge in [-0.1, -0.05) is 71.8 Å². The Morgan fingerprint density at radius 1 is 0.429 bits per heavy atom. The predicted octanol–water partition coefficient (Wildman–Crippen LogP) is 12.5. The van der Waals surface area contributed by atoms with Gasteiger partial charge in [0.05, 0.1) is 44.6 Å². The minimum Gasteiger partial charge on any atom is -0.307 e. The van der Waals surface area contributed by atoms with E-state index in [0.29, 0.717) is 22.2 Å². The van der Waals surface area contributed by atoms with Crippen LogP contribution < -0.4 is 0 Å². The summed E-state index contributed by atoms with van der Waals surface area (Å²) in [5.74, 6) is 0. The van der Waals surface area contributed by atoms with Gasteiger partial charge >= 0.3 is 12.4 Å². The van der Waals surface area contributed by atoms with Gasteiger partial charge in [0.15, 0.2) is 0 Å². The number of halogens is 6. The summed E-state index contributed by atoms with van der Waals surface area (Å²) in [7, 11) is 0. The van der Waals surface area contributed by atoms with E-state index in [2.05, 4.69) is 0 Å². The number of hydrogen-bond donors (Lipinski definition) is 0. The van der Waals surface area contributed by atoms with E-state index in [1.54, 1.807) is 4.57 Å². The Labute approximate surface area is 277 Å². The van der Waals surface area contributed by atoms with Crippen molar-refractivity contribution < 1.29 is 26.3 Å². The minimum atomic E-state index is -4.99. The normalized spacial score (nSPS) is 12.6. The molecule has 0 unspecified atom stereocenters. The van der Waals surface area contributed by atoms with E-state index in [0.717, 1.165) is 50.3 Å². The highest BCUT2D eigenvalue weighted by Gasteiger charge is 2.40. The summed E-state index contributed by atoms with van der Waals surface area (Å²) >= 11 is 0. The molecule has 0 radical (unpaired) electrons. The molecule has 0 aliphatic heterocycles. The second kappa shape index (κ2) is 10.8. The summed E-state index contributed by atoms with van der Waals surface area (Å²) < 4.78 is 93.3. The molecular weight excluding hydrogens is 634 g/mol. The topological polar surface area (TPSA) is 9.86 Å². The third-order valence-corrected chi connectivity index (χ3v) is 9.41. The Bertz CT molecular complexity index is 2620. The Hall–Kier alpha value is -5.50. The average Bonchev–Trinajstić information content (AvgIpc) is 3.55.